The number of esters is 1. The van der Waals surface area contributed by atoms with Gasteiger partial charge in [-0.3, -0.25) is 4.79 Å². The first-order valence-corrected chi connectivity index (χ1v) is 11.6. The Balaban J connectivity index is 2.14. The summed E-state index contributed by atoms with van der Waals surface area (Å²) in [6, 6.07) is 12.4. The minimum Gasteiger partial charge on any atom is -0.466 e. The molecule has 0 aliphatic rings. The first kappa shape index (κ1) is 23.9. The van der Waals surface area contributed by atoms with Gasteiger partial charge in [0, 0.05) is 18.3 Å². The van der Waals surface area contributed by atoms with Crippen LogP contribution in [0.5, 0.6) is 0 Å². The van der Waals surface area contributed by atoms with Gasteiger partial charge in [0.25, 0.3) is 0 Å². The Morgan fingerprint density at radius 3 is 2.37 bits per heavy atom. The number of carbonyl (C=O) groups is 1. The molecule has 2 aromatic rings. The van der Waals surface area contributed by atoms with Crippen molar-refractivity contribution in [2.75, 3.05) is 11.9 Å². The lowest BCUT2D eigenvalue weighted by atomic mass is 9.86. The SMILES string of the molecule is CCOC(=O)C(C)(C)C(C)NS(=O)(=O)c1ccc(NCc2ccccc2C)c(C)c1. The number of hydrogen-bond donors (Lipinski definition) is 2. The number of benzene rings is 2. The topological polar surface area (TPSA) is 84.5 Å². The molecule has 30 heavy (non-hydrogen) atoms. The van der Waals surface area contributed by atoms with Gasteiger partial charge < -0.3 is 10.1 Å². The molecule has 2 N–H and O–H groups in total. The van der Waals surface area contributed by atoms with Gasteiger partial charge in [-0.05, 0) is 76.4 Å². The molecule has 0 aromatic heterocycles. The second-order valence-corrected chi connectivity index (χ2v) is 9.76. The summed E-state index contributed by atoms with van der Waals surface area (Å²) in [4.78, 5) is 12.3. The second kappa shape index (κ2) is 9.62. The molecule has 1 unspecified atom stereocenters. The van der Waals surface area contributed by atoms with Gasteiger partial charge in [0.2, 0.25) is 10.0 Å². The maximum atomic E-state index is 12.9. The van der Waals surface area contributed by atoms with E-state index in [2.05, 4.69) is 29.1 Å². The fourth-order valence-corrected chi connectivity index (χ4v) is 4.42. The van der Waals surface area contributed by atoms with Crippen molar-refractivity contribution in [2.45, 2.75) is 59.0 Å². The van der Waals surface area contributed by atoms with Crippen molar-refractivity contribution in [3.8, 4) is 0 Å². The molecule has 0 saturated heterocycles. The molecule has 0 radical (unpaired) electrons. The van der Waals surface area contributed by atoms with Crippen molar-refractivity contribution in [2.24, 2.45) is 5.41 Å². The van der Waals surface area contributed by atoms with Crippen molar-refractivity contribution < 1.29 is 17.9 Å². The van der Waals surface area contributed by atoms with E-state index >= 15 is 0 Å². The van der Waals surface area contributed by atoms with E-state index in [1.807, 2.05) is 19.1 Å². The van der Waals surface area contributed by atoms with E-state index in [1.165, 1.54) is 11.1 Å². The van der Waals surface area contributed by atoms with Gasteiger partial charge in [-0.1, -0.05) is 24.3 Å². The highest BCUT2D eigenvalue weighted by atomic mass is 32.2. The molecule has 0 amide bonds. The highest BCUT2D eigenvalue weighted by molar-refractivity contribution is 7.89. The number of ether oxygens (including phenoxy) is 1. The normalized spacial score (nSPS) is 13.0. The Labute approximate surface area is 180 Å². The zero-order valence-corrected chi connectivity index (χ0v) is 19.4. The first-order valence-electron chi connectivity index (χ1n) is 10.1. The Morgan fingerprint density at radius 1 is 1.10 bits per heavy atom. The molecule has 0 spiro atoms. The van der Waals surface area contributed by atoms with Crippen LogP contribution in [0.3, 0.4) is 0 Å². The van der Waals surface area contributed by atoms with Gasteiger partial charge in [-0.2, -0.15) is 0 Å². The number of sulfonamides is 1. The van der Waals surface area contributed by atoms with Crippen LogP contribution in [0, 0.1) is 19.3 Å². The Morgan fingerprint density at radius 2 is 1.77 bits per heavy atom. The fourth-order valence-electron chi connectivity index (χ4n) is 2.94. The van der Waals surface area contributed by atoms with Gasteiger partial charge >= 0.3 is 5.97 Å². The lowest BCUT2D eigenvalue weighted by molar-refractivity contribution is -0.154. The minimum atomic E-state index is -3.79. The van der Waals surface area contributed by atoms with Crippen molar-refractivity contribution in [1.29, 1.82) is 0 Å². The van der Waals surface area contributed by atoms with Gasteiger partial charge in [-0.15, -0.1) is 0 Å². The highest BCUT2D eigenvalue weighted by Crippen LogP contribution is 2.26. The van der Waals surface area contributed by atoms with Crippen LogP contribution in [0.2, 0.25) is 0 Å². The average molecular weight is 433 g/mol. The molecule has 0 saturated carbocycles. The molecule has 0 bridgehead atoms. The van der Waals surface area contributed by atoms with E-state index in [4.69, 9.17) is 4.74 Å². The molecule has 6 nitrogen and oxygen atoms in total. The van der Waals surface area contributed by atoms with E-state index < -0.39 is 27.4 Å². The van der Waals surface area contributed by atoms with Gasteiger partial charge in [-0.25, -0.2) is 13.1 Å². The van der Waals surface area contributed by atoms with E-state index in [1.54, 1.807) is 45.9 Å². The number of aryl methyl sites for hydroxylation is 2. The molecule has 0 aliphatic carbocycles. The van der Waals surface area contributed by atoms with Crippen LogP contribution in [0.1, 0.15) is 44.4 Å². The third kappa shape index (κ3) is 5.61. The van der Waals surface area contributed by atoms with Crippen LogP contribution in [-0.4, -0.2) is 27.0 Å². The van der Waals surface area contributed by atoms with Crippen LogP contribution in [0.15, 0.2) is 47.4 Å². The summed E-state index contributed by atoms with van der Waals surface area (Å²) in [5, 5.41) is 3.37. The molecular formula is C23H32N2O4S. The number of rotatable bonds is 9. The number of nitrogens with one attached hydrogen (secondary N) is 2. The predicted octanol–water partition coefficient (Wildman–Crippen LogP) is 4.17. The lowest BCUT2D eigenvalue weighted by Gasteiger charge is -2.29. The summed E-state index contributed by atoms with van der Waals surface area (Å²) in [5.41, 5.74) is 3.09. The van der Waals surface area contributed by atoms with Crippen LogP contribution >= 0.6 is 0 Å². The predicted molar refractivity (Wildman–Crippen MR) is 120 cm³/mol. The highest BCUT2D eigenvalue weighted by Gasteiger charge is 2.38. The molecule has 1 atom stereocenters. The smallest absolute Gasteiger partial charge is 0.313 e. The monoisotopic (exact) mass is 432 g/mol. The van der Waals surface area contributed by atoms with Crippen molar-refractivity contribution in [1.82, 2.24) is 4.72 Å². The van der Waals surface area contributed by atoms with E-state index in [0.717, 1.165) is 11.3 Å². The van der Waals surface area contributed by atoms with Crippen LogP contribution in [0.4, 0.5) is 5.69 Å². The van der Waals surface area contributed by atoms with E-state index in [0.29, 0.717) is 6.54 Å². The van der Waals surface area contributed by atoms with Gasteiger partial charge in [0.1, 0.15) is 0 Å². The quantitative estimate of drug-likeness (QED) is 0.581. The lowest BCUT2D eigenvalue weighted by Crippen LogP contribution is -2.47. The second-order valence-electron chi connectivity index (χ2n) is 8.04. The Hall–Kier alpha value is -2.38. The molecule has 2 aromatic carbocycles. The van der Waals surface area contributed by atoms with Gasteiger partial charge in [0.15, 0.2) is 0 Å². The van der Waals surface area contributed by atoms with E-state index in [-0.39, 0.29) is 11.5 Å². The number of anilines is 1. The first-order chi connectivity index (χ1) is 14.0. The molecule has 0 aliphatic heterocycles. The van der Waals surface area contributed by atoms with Crippen molar-refractivity contribution >= 4 is 21.7 Å². The zero-order chi connectivity index (χ0) is 22.5. The maximum Gasteiger partial charge on any atom is 0.313 e. The molecule has 0 fully saturated rings. The summed E-state index contributed by atoms with van der Waals surface area (Å²) >= 11 is 0. The molecule has 7 heteroatoms. The minimum absolute atomic E-state index is 0.160. The zero-order valence-electron chi connectivity index (χ0n) is 18.6. The Bertz CT molecular complexity index is 1000. The number of hydrogen-bond acceptors (Lipinski definition) is 5. The fraction of sp³-hybridized carbons (Fsp3) is 0.435. The summed E-state index contributed by atoms with van der Waals surface area (Å²) in [6.07, 6.45) is 0. The summed E-state index contributed by atoms with van der Waals surface area (Å²) in [7, 11) is -3.79. The maximum absolute atomic E-state index is 12.9. The third-order valence-electron chi connectivity index (χ3n) is 5.45. The van der Waals surface area contributed by atoms with Crippen LogP contribution < -0.4 is 10.0 Å². The number of carbonyl (C=O) groups excluding carboxylic acids is 1. The van der Waals surface area contributed by atoms with Gasteiger partial charge in [0.05, 0.1) is 16.9 Å². The van der Waals surface area contributed by atoms with Crippen molar-refractivity contribution in [3.05, 3.63) is 59.2 Å². The Kier molecular flexibility index (Phi) is 7.66. The average Bonchev–Trinajstić information content (AvgIpc) is 2.67. The summed E-state index contributed by atoms with van der Waals surface area (Å²) in [6.45, 7) is 11.6. The molecule has 0 heterocycles. The van der Waals surface area contributed by atoms with Crippen LogP contribution in [-0.2, 0) is 26.1 Å². The largest absolute Gasteiger partial charge is 0.466 e. The molecular weight excluding hydrogens is 400 g/mol. The summed E-state index contributed by atoms with van der Waals surface area (Å²) < 4.78 is 33.4. The summed E-state index contributed by atoms with van der Waals surface area (Å²) in [5.74, 6) is -0.438. The molecule has 164 valence electrons. The van der Waals surface area contributed by atoms with E-state index in [9.17, 15) is 13.2 Å². The third-order valence-corrected chi connectivity index (χ3v) is 6.99. The molecule has 2 rings (SSSR count). The van der Waals surface area contributed by atoms with Crippen LogP contribution in [0.25, 0.3) is 0 Å². The van der Waals surface area contributed by atoms with Crippen molar-refractivity contribution in [3.63, 3.8) is 0 Å². The standard InChI is InChI=1S/C23H32N2O4S/c1-7-29-22(26)23(5,6)18(4)25-30(27,28)20-12-13-21(17(3)14-20)24-15-19-11-9-8-10-16(19)2/h8-14,18,24-25H,7,15H2,1-6H3.